The zero-order chi connectivity index (χ0) is 13.8. The first-order valence-electron chi connectivity index (χ1n) is 5.70. The second-order valence-corrected chi connectivity index (χ2v) is 5.14. The molecule has 2 aromatic rings. The SMILES string of the molecule is CN(Cc1cccc(Br)c1)C(=O)c1cncc(O)c1. The van der Waals surface area contributed by atoms with Gasteiger partial charge in [-0.3, -0.25) is 9.78 Å². The molecular formula is C14H13BrN2O2. The van der Waals surface area contributed by atoms with E-state index in [2.05, 4.69) is 20.9 Å². The van der Waals surface area contributed by atoms with Crippen LogP contribution in [0.4, 0.5) is 0 Å². The highest BCUT2D eigenvalue weighted by Gasteiger charge is 2.13. The van der Waals surface area contributed by atoms with Gasteiger partial charge in [-0.1, -0.05) is 28.1 Å². The third-order valence-corrected chi connectivity index (χ3v) is 3.12. The Hall–Kier alpha value is -1.88. The molecule has 0 aliphatic carbocycles. The van der Waals surface area contributed by atoms with Crippen molar-refractivity contribution in [2.45, 2.75) is 6.54 Å². The average molecular weight is 321 g/mol. The number of hydrogen-bond donors (Lipinski definition) is 1. The van der Waals surface area contributed by atoms with E-state index in [-0.39, 0.29) is 11.7 Å². The van der Waals surface area contributed by atoms with Crippen LogP contribution in [0.2, 0.25) is 0 Å². The minimum absolute atomic E-state index is 0.0123. The number of aromatic nitrogens is 1. The van der Waals surface area contributed by atoms with E-state index in [0.717, 1.165) is 10.0 Å². The zero-order valence-corrected chi connectivity index (χ0v) is 12.0. The lowest BCUT2D eigenvalue weighted by molar-refractivity contribution is 0.0784. The summed E-state index contributed by atoms with van der Waals surface area (Å²) in [5, 5.41) is 9.33. The molecule has 1 N–H and O–H groups in total. The van der Waals surface area contributed by atoms with Crippen LogP contribution in [-0.2, 0) is 6.54 Å². The molecule has 0 saturated heterocycles. The fourth-order valence-corrected chi connectivity index (χ4v) is 2.19. The number of amides is 1. The summed E-state index contributed by atoms with van der Waals surface area (Å²) in [6.07, 6.45) is 2.74. The molecule has 1 amide bonds. The minimum Gasteiger partial charge on any atom is -0.506 e. The third kappa shape index (κ3) is 3.54. The van der Waals surface area contributed by atoms with Crippen molar-refractivity contribution in [3.05, 3.63) is 58.3 Å². The van der Waals surface area contributed by atoms with Crippen molar-refractivity contribution in [1.82, 2.24) is 9.88 Å². The molecule has 19 heavy (non-hydrogen) atoms. The molecule has 5 heteroatoms. The lowest BCUT2D eigenvalue weighted by atomic mass is 10.2. The summed E-state index contributed by atoms with van der Waals surface area (Å²) in [6.45, 7) is 0.494. The summed E-state index contributed by atoms with van der Waals surface area (Å²) >= 11 is 3.40. The number of carbonyl (C=O) groups excluding carboxylic acids is 1. The molecule has 1 heterocycles. The van der Waals surface area contributed by atoms with Crippen molar-refractivity contribution in [3.8, 4) is 5.75 Å². The molecule has 0 aliphatic heterocycles. The van der Waals surface area contributed by atoms with Crippen LogP contribution < -0.4 is 0 Å². The number of nitrogens with zero attached hydrogens (tertiary/aromatic N) is 2. The normalized spacial score (nSPS) is 10.2. The molecule has 2 rings (SSSR count). The van der Waals surface area contributed by atoms with Crippen molar-refractivity contribution in [2.24, 2.45) is 0 Å². The van der Waals surface area contributed by atoms with E-state index >= 15 is 0 Å². The van der Waals surface area contributed by atoms with Crippen LogP contribution in [0.1, 0.15) is 15.9 Å². The summed E-state index contributed by atoms with van der Waals surface area (Å²) < 4.78 is 0.977. The molecule has 98 valence electrons. The average Bonchev–Trinajstić information content (AvgIpc) is 2.38. The molecule has 0 spiro atoms. The lowest BCUT2D eigenvalue weighted by Crippen LogP contribution is -2.26. The fraction of sp³-hybridized carbons (Fsp3) is 0.143. The van der Waals surface area contributed by atoms with Crippen LogP contribution in [0.25, 0.3) is 0 Å². The summed E-state index contributed by atoms with van der Waals surface area (Å²) in [4.78, 5) is 17.5. The van der Waals surface area contributed by atoms with Gasteiger partial charge in [0.2, 0.25) is 0 Å². The molecular weight excluding hydrogens is 308 g/mol. The van der Waals surface area contributed by atoms with Gasteiger partial charge in [0.15, 0.2) is 0 Å². The highest BCUT2D eigenvalue weighted by atomic mass is 79.9. The van der Waals surface area contributed by atoms with Gasteiger partial charge in [-0.25, -0.2) is 0 Å². The Morgan fingerprint density at radius 3 is 2.84 bits per heavy atom. The smallest absolute Gasteiger partial charge is 0.255 e. The van der Waals surface area contributed by atoms with Crippen molar-refractivity contribution < 1.29 is 9.90 Å². The van der Waals surface area contributed by atoms with Gasteiger partial charge in [0.25, 0.3) is 5.91 Å². The zero-order valence-electron chi connectivity index (χ0n) is 10.4. The summed E-state index contributed by atoms with van der Waals surface area (Å²) in [7, 11) is 1.72. The van der Waals surface area contributed by atoms with Gasteiger partial charge in [-0.2, -0.15) is 0 Å². The van der Waals surface area contributed by atoms with Gasteiger partial charge in [-0.05, 0) is 23.8 Å². The van der Waals surface area contributed by atoms with Gasteiger partial charge < -0.3 is 10.0 Å². The van der Waals surface area contributed by atoms with Gasteiger partial charge in [-0.15, -0.1) is 0 Å². The molecule has 0 unspecified atom stereocenters. The molecule has 1 aromatic carbocycles. The quantitative estimate of drug-likeness (QED) is 0.946. The van der Waals surface area contributed by atoms with Crippen molar-refractivity contribution in [1.29, 1.82) is 0 Å². The first-order chi connectivity index (χ1) is 9.06. The first kappa shape index (κ1) is 13.5. The van der Waals surface area contributed by atoms with Crippen molar-refractivity contribution in [3.63, 3.8) is 0 Å². The van der Waals surface area contributed by atoms with E-state index in [1.165, 1.54) is 18.5 Å². The molecule has 0 bridgehead atoms. The Kier molecular flexibility index (Phi) is 4.16. The van der Waals surface area contributed by atoms with Crippen LogP contribution in [0, 0.1) is 0 Å². The van der Waals surface area contributed by atoms with E-state index < -0.39 is 0 Å². The number of aromatic hydroxyl groups is 1. The van der Waals surface area contributed by atoms with E-state index in [0.29, 0.717) is 12.1 Å². The second kappa shape index (κ2) is 5.84. The van der Waals surface area contributed by atoms with E-state index in [9.17, 15) is 9.90 Å². The number of benzene rings is 1. The molecule has 0 radical (unpaired) electrons. The van der Waals surface area contributed by atoms with E-state index in [1.54, 1.807) is 11.9 Å². The maximum atomic E-state index is 12.1. The predicted octanol–water partition coefficient (Wildman–Crippen LogP) is 2.82. The maximum Gasteiger partial charge on any atom is 0.255 e. The summed E-state index contributed by atoms with van der Waals surface area (Å²) in [5.74, 6) is -0.190. The number of pyridine rings is 1. The molecule has 0 saturated carbocycles. The van der Waals surface area contributed by atoms with Crippen LogP contribution >= 0.6 is 15.9 Å². The van der Waals surface area contributed by atoms with Crippen LogP contribution in [0.3, 0.4) is 0 Å². The van der Waals surface area contributed by atoms with Crippen LogP contribution in [-0.4, -0.2) is 27.9 Å². The van der Waals surface area contributed by atoms with Crippen molar-refractivity contribution >= 4 is 21.8 Å². The second-order valence-electron chi connectivity index (χ2n) is 4.22. The standard InChI is InChI=1S/C14H13BrN2O2/c1-17(9-10-3-2-4-12(15)5-10)14(19)11-6-13(18)8-16-7-11/h2-8,18H,9H2,1H3. The Bertz CT molecular complexity index is 602. The Labute approximate surface area is 119 Å². The number of hydrogen-bond acceptors (Lipinski definition) is 3. The van der Waals surface area contributed by atoms with Gasteiger partial charge in [0.1, 0.15) is 5.75 Å². The maximum absolute atomic E-state index is 12.1. The topological polar surface area (TPSA) is 53.4 Å². The highest BCUT2D eigenvalue weighted by Crippen LogP contribution is 2.15. The van der Waals surface area contributed by atoms with Gasteiger partial charge in [0.05, 0.1) is 11.8 Å². The monoisotopic (exact) mass is 320 g/mol. The Morgan fingerprint density at radius 2 is 2.16 bits per heavy atom. The number of halogens is 1. The van der Waals surface area contributed by atoms with E-state index in [1.807, 2.05) is 24.3 Å². The molecule has 0 atom stereocenters. The van der Waals surface area contributed by atoms with Crippen LogP contribution in [0.5, 0.6) is 5.75 Å². The summed E-state index contributed by atoms with van der Waals surface area (Å²) in [6, 6.07) is 9.19. The molecule has 0 fully saturated rings. The molecule has 0 aliphatic rings. The van der Waals surface area contributed by atoms with Crippen molar-refractivity contribution in [2.75, 3.05) is 7.05 Å². The first-order valence-corrected chi connectivity index (χ1v) is 6.49. The minimum atomic E-state index is -0.177. The molecule has 1 aromatic heterocycles. The highest BCUT2D eigenvalue weighted by molar-refractivity contribution is 9.10. The van der Waals surface area contributed by atoms with Gasteiger partial charge in [0, 0.05) is 24.3 Å². The molecule has 4 nitrogen and oxygen atoms in total. The van der Waals surface area contributed by atoms with Crippen LogP contribution in [0.15, 0.2) is 47.2 Å². The van der Waals surface area contributed by atoms with Gasteiger partial charge >= 0.3 is 0 Å². The Balaban J connectivity index is 2.12. The predicted molar refractivity (Wildman–Crippen MR) is 75.8 cm³/mol. The fourth-order valence-electron chi connectivity index (χ4n) is 1.75. The number of carbonyl (C=O) groups is 1. The Morgan fingerprint density at radius 1 is 1.37 bits per heavy atom. The largest absolute Gasteiger partial charge is 0.506 e. The summed E-state index contributed by atoms with van der Waals surface area (Å²) in [5.41, 5.74) is 1.40. The number of rotatable bonds is 3. The third-order valence-electron chi connectivity index (χ3n) is 2.63. The lowest BCUT2D eigenvalue weighted by Gasteiger charge is -2.17. The van der Waals surface area contributed by atoms with E-state index in [4.69, 9.17) is 0 Å².